The van der Waals surface area contributed by atoms with E-state index in [9.17, 15) is 20.2 Å². The summed E-state index contributed by atoms with van der Waals surface area (Å²) in [6, 6.07) is 15.6. The molecule has 15 heteroatoms. The van der Waals surface area contributed by atoms with Crippen LogP contribution < -0.4 is 5.73 Å². The minimum absolute atomic E-state index is 0.108. The highest BCUT2D eigenvalue weighted by molar-refractivity contribution is 5.86. The van der Waals surface area contributed by atoms with Crippen molar-refractivity contribution in [2.45, 2.75) is 72.4 Å². The van der Waals surface area contributed by atoms with Gasteiger partial charge >= 0.3 is 0 Å². The Morgan fingerprint density at radius 2 is 1.20 bits per heavy atom. The Kier molecular flexibility index (Phi) is 14.0. The Balaban J connectivity index is 0.000000173. The van der Waals surface area contributed by atoms with Gasteiger partial charge in [-0.1, -0.05) is 40.0 Å². The van der Waals surface area contributed by atoms with Crippen molar-refractivity contribution in [2.24, 2.45) is 0 Å². The van der Waals surface area contributed by atoms with Crippen LogP contribution in [0.3, 0.4) is 0 Å². The minimum Gasteiger partial charge on any atom is -0.399 e. The fourth-order valence-corrected chi connectivity index (χ4v) is 5.76. The molecule has 6 rings (SSSR count). The molecule has 0 radical (unpaired) electrons. The topological polar surface area (TPSA) is 195 Å². The number of nitrogen functional groups attached to an aromatic ring is 1. The Hall–Kier alpha value is -5.41. The summed E-state index contributed by atoms with van der Waals surface area (Å²) in [5.41, 5.74) is 12.7. The van der Waals surface area contributed by atoms with Gasteiger partial charge in [0.2, 0.25) is 0 Å². The molecule has 0 unspecified atom stereocenters. The summed E-state index contributed by atoms with van der Waals surface area (Å²) in [5.74, 6) is 0. The average molecular weight is 702 g/mol. The fourth-order valence-electron chi connectivity index (χ4n) is 5.76. The minimum atomic E-state index is -0.387. The number of H-pyrrole nitrogens is 1. The molecule has 3 N–H and O–H groups in total. The maximum atomic E-state index is 10.9. The first kappa shape index (κ1) is 38.4. The molecule has 0 saturated carbocycles. The summed E-state index contributed by atoms with van der Waals surface area (Å²) in [6.45, 7) is 8.95. The van der Waals surface area contributed by atoms with Crippen molar-refractivity contribution in [1.29, 1.82) is 0 Å². The van der Waals surface area contributed by atoms with Crippen molar-refractivity contribution in [2.75, 3.05) is 33.2 Å². The number of anilines is 1. The van der Waals surface area contributed by atoms with Crippen molar-refractivity contribution < 1.29 is 19.3 Å². The normalized spacial score (nSPS) is 11.0. The molecule has 15 nitrogen and oxygen atoms in total. The molecule has 0 aliphatic heterocycles. The predicted molar refractivity (Wildman–Crippen MR) is 199 cm³/mol. The highest BCUT2D eigenvalue weighted by atomic mass is 16.6. The second kappa shape index (κ2) is 18.5. The van der Waals surface area contributed by atoms with Crippen LogP contribution in [-0.2, 0) is 41.8 Å². The van der Waals surface area contributed by atoms with Crippen molar-refractivity contribution in [3.63, 3.8) is 0 Å². The third kappa shape index (κ3) is 9.64. The highest BCUT2D eigenvalue weighted by Crippen LogP contribution is 2.26. The number of methoxy groups -OCH3 is 2. The Morgan fingerprint density at radius 1 is 0.706 bits per heavy atom. The van der Waals surface area contributed by atoms with Crippen LogP contribution in [0.25, 0.3) is 32.7 Å². The molecule has 0 aliphatic carbocycles. The first-order chi connectivity index (χ1) is 24.6. The van der Waals surface area contributed by atoms with Crippen LogP contribution in [0.1, 0.15) is 57.1 Å². The van der Waals surface area contributed by atoms with Gasteiger partial charge in [0, 0.05) is 66.0 Å². The maximum Gasteiger partial charge on any atom is 0.270 e. The molecular weight excluding hydrogens is 654 g/mol. The standard InChI is InChI=1S/C13H17N3O3.C13H19N3O.C10H11N3O2/c1-3-4-12-11-9-10(16(17)18)5-6-13(11)15(14-12)7-8-19-2;1-3-4-12-11-9-10(14)5-6-13(11)16(15-12)7-8-17-2;1-2-3-9-8-6-7(13(14)15)4-5-10(8)12-11-9/h5-6,9H,3-4,7-8H2,1-2H3;5-6,9H,3-4,7-8,14H2,1-2H3;4-6H,2-3H2,1H3,(H,11,12). The summed E-state index contributed by atoms with van der Waals surface area (Å²) in [4.78, 5) is 20.7. The Bertz CT molecular complexity index is 2070. The van der Waals surface area contributed by atoms with Crippen LogP contribution in [0.15, 0.2) is 54.6 Å². The van der Waals surface area contributed by atoms with E-state index in [1.54, 1.807) is 38.5 Å². The van der Waals surface area contributed by atoms with Gasteiger partial charge < -0.3 is 15.2 Å². The van der Waals surface area contributed by atoms with E-state index < -0.39 is 0 Å². The zero-order chi connectivity index (χ0) is 36.9. The number of ether oxygens (including phenoxy) is 2. The largest absolute Gasteiger partial charge is 0.399 e. The first-order valence-corrected chi connectivity index (χ1v) is 17.1. The van der Waals surface area contributed by atoms with Crippen molar-refractivity contribution >= 4 is 49.8 Å². The second-order valence-electron chi connectivity index (χ2n) is 12.0. The summed E-state index contributed by atoms with van der Waals surface area (Å²) in [7, 11) is 3.35. The first-order valence-electron chi connectivity index (χ1n) is 17.1. The van der Waals surface area contributed by atoms with E-state index in [0.29, 0.717) is 19.8 Å². The van der Waals surface area contributed by atoms with Gasteiger partial charge in [0.15, 0.2) is 0 Å². The van der Waals surface area contributed by atoms with Crippen LogP contribution in [-0.4, -0.2) is 67.0 Å². The van der Waals surface area contributed by atoms with Crippen molar-refractivity contribution in [3.05, 3.63) is 91.9 Å². The van der Waals surface area contributed by atoms with Gasteiger partial charge in [-0.2, -0.15) is 15.3 Å². The molecule has 0 amide bonds. The van der Waals surface area contributed by atoms with E-state index in [2.05, 4.69) is 41.2 Å². The van der Waals surface area contributed by atoms with Gasteiger partial charge in [0.05, 0.1) is 64.1 Å². The Labute approximate surface area is 296 Å². The third-order valence-corrected chi connectivity index (χ3v) is 8.19. The molecule has 0 atom stereocenters. The van der Waals surface area contributed by atoms with Crippen molar-refractivity contribution in [1.82, 2.24) is 29.8 Å². The molecule has 3 aromatic carbocycles. The smallest absolute Gasteiger partial charge is 0.270 e. The lowest BCUT2D eigenvalue weighted by molar-refractivity contribution is -0.384. The molecule has 6 aromatic rings. The summed E-state index contributed by atoms with van der Waals surface area (Å²) < 4.78 is 14.0. The lowest BCUT2D eigenvalue weighted by Crippen LogP contribution is -2.06. The van der Waals surface area contributed by atoms with Gasteiger partial charge in [-0.25, -0.2) is 0 Å². The highest BCUT2D eigenvalue weighted by Gasteiger charge is 2.15. The fraction of sp³-hybridized carbons (Fsp3) is 0.417. The molecule has 0 fully saturated rings. The van der Waals surface area contributed by atoms with Gasteiger partial charge in [-0.05, 0) is 49.6 Å². The number of fused-ring (bicyclic) bond motifs is 3. The van der Waals surface area contributed by atoms with Crippen LogP contribution in [0.5, 0.6) is 0 Å². The van der Waals surface area contributed by atoms with E-state index in [-0.39, 0.29) is 21.2 Å². The van der Waals surface area contributed by atoms with Crippen LogP contribution >= 0.6 is 0 Å². The number of nitro benzene ring substituents is 2. The van der Waals surface area contributed by atoms with E-state index in [4.69, 9.17) is 15.2 Å². The number of hydrogen-bond donors (Lipinski definition) is 2. The number of non-ortho nitro benzene ring substituents is 2. The van der Waals surface area contributed by atoms with Crippen LogP contribution in [0, 0.1) is 20.2 Å². The number of nitrogens with two attached hydrogens (primary N) is 1. The van der Waals surface area contributed by atoms with Gasteiger partial charge in [0.25, 0.3) is 11.4 Å². The molecule has 272 valence electrons. The van der Waals surface area contributed by atoms with E-state index in [1.165, 1.54) is 17.5 Å². The number of aryl methyl sites for hydroxylation is 3. The Morgan fingerprint density at radius 3 is 1.71 bits per heavy atom. The third-order valence-electron chi connectivity index (χ3n) is 8.19. The summed E-state index contributed by atoms with van der Waals surface area (Å²) in [5, 5.41) is 40.5. The zero-order valence-corrected chi connectivity index (χ0v) is 29.9. The molecule has 3 aromatic heterocycles. The lowest BCUT2D eigenvalue weighted by atomic mass is 10.1. The number of rotatable bonds is 14. The van der Waals surface area contributed by atoms with E-state index in [0.717, 1.165) is 95.2 Å². The monoisotopic (exact) mass is 701 g/mol. The number of nitrogens with zero attached hydrogens (tertiary/aromatic N) is 7. The van der Waals surface area contributed by atoms with Gasteiger partial charge in [-0.3, -0.25) is 34.7 Å². The summed E-state index contributed by atoms with van der Waals surface area (Å²) >= 11 is 0. The number of benzene rings is 3. The SMILES string of the molecule is CCCc1[nH]nc2ccc([N+](=O)[O-])cc12.CCCc1nn(CCOC)c2ccc(N)cc12.CCCc1nn(CCOC)c2ccc([N+](=O)[O-])cc12. The molecule has 0 aliphatic rings. The van der Waals surface area contributed by atoms with Gasteiger partial charge in [-0.15, -0.1) is 0 Å². The average Bonchev–Trinajstić information content (AvgIpc) is 3.80. The molecule has 3 heterocycles. The lowest BCUT2D eigenvalue weighted by Gasteiger charge is -2.02. The van der Waals surface area contributed by atoms with Gasteiger partial charge in [0.1, 0.15) is 0 Å². The number of nitrogens with one attached hydrogen (secondary N) is 1. The van der Waals surface area contributed by atoms with E-state index >= 15 is 0 Å². The molecular formula is C36H47N9O6. The number of hydrogen-bond acceptors (Lipinski definition) is 10. The summed E-state index contributed by atoms with van der Waals surface area (Å²) in [6.07, 6.45) is 5.69. The number of aromatic amines is 1. The van der Waals surface area contributed by atoms with Crippen molar-refractivity contribution in [3.8, 4) is 0 Å². The maximum absolute atomic E-state index is 10.9. The van der Waals surface area contributed by atoms with Crippen LogP contribution in [0.2, 0.25) is 0 Å². The quantitative estimate of drug-likeness (QED) is 0.0667. The van der Waals surface area contributed by atoms with Crippen LogP contribution in [0.4, 0.5) is 17.1 Å². The molecule has 0 bridgehead atoms. The number of nitro groups is 2. The second-order valence-corrected chi connectivity index (χ2v) is 12.0. The van der Waals surface area contributed by atoms with E-state index in [1.807, 2.05) is 27.6 Å². The molecule has 51 heavy (non-hydrogen) atoms. The predicted octanol–water partition coefficient (Wildman–Crippen LogP) is 7.18. The molecule has 0 spiro atoms. The zero-order valence-electron chi connectivity index (χ0n) is 29.9. The number of aromatic nitrogens is 6. The molecule has 0 saturated heterocycles.